The molecular formula is C15H24ClN3O2S. The van der Waals surface area contributed by atoms with E-state index in [-0.39, 0.29) is 10.9 Å². The van der Waals surface area contributed by atoms with E-state index < -0.39 is 10.0 Å². The van der Waals surface area contributed by atoms with Gasteiger partial charge in [0.25, 0.3) is 0 Å². The Morgan fingerprint density at radius 1 is 1.18 bits per heavy atom. The lowest BCUT2D eigenvalue weighted by atomic mass is 10.2. The standard InChI is InChI=1S/C15H24ClN3O2S/c1-3-18-8-10-19(11-9-18)13(2)12-17-22(20,21)15-6-4-14(16)5-7-15/h4-7,13,17H,3,8-12H2,1-2H3. The molecule has 0 aromatic heterocycles. The molecule has 0 radical (unpaired) electrons. The second kappa shape index (κ2) is 7.75. The van der Waals surface area contributed by atoms with Crippen LogP contribution in [-0.4, -0.2) is 63.5 Å². The van der Waals surface area contributed by atoms with Crippen molar-refractivity contribution in [3.63, 3.8) is 0 Å². The Morgan fingerprint density at radius 2 is 1.77 bits per heavy atom. The molecule has 0 amide bonds. The van der Waals surface area contributed by atoms with E-state index in [4.69, 9.17) is 11.6 Å². The third kappa shape index (κ3) is 4.67. The number of likely N-dealkylation sites (N-methyl/N-ethyl adjacent to an activating group) is 1. The molecule has 7 heteroatoms. The summed E-state index contributed by atoms with van der Waals surface area (Å²) in [6.45, 7) is 9.78. The second-order valence-corrected chi connectivity index (χ2v) is 7.83. The highest BCUT2D eigenvalue weighted by atomic mass is 35.5. The van der Waals surface area contributed by atoms with Gasteiger partial charge in [0.15, 0.2) is 0 Å². The number of halogens is 1. The van der Waals surface area contributed by atoms with Crippen molar-refractivity contribution in [2.75, 3.05) is 39.3 Å². The van der Waals surface area contributed by atoms with Crippen LogP contribution in [0.1, 0.15) is 13.8 Å². The molecule has 0 spiro atoms. The summed E-state index contributed by atoms with van der Waals surface area (Å²) in [5, 5.41) is 0.529. The maximum absolute atomic E-state index is 12.2. The normalized spacial score (nSPS) is 19.2. The Labute approximate surface area is 138 Å². The molecule has 2 rings (SSSR count). The lowest BCUT2D eigenvalue weighted by Crippen LogP contribution is -2.52. The van der Waals surface area contributed by atoms with Gasteiger partial charge in [-0.25, -0.2) is 13.1 Å². The van der Waals surface area contributed by atoms with Crippen LogP contribution in [0.5, 0.6) is 0 Å². The third-order valence-electron chi connectivity index (χ3n) is 4.17. The Morgan fingerprint density at radius 3 is 2.32 bits per heavy atom. The van der Waals surface area contributed by atoms with E-state index in [1.165, 1.54) is 12.1 Å². The van der Waals surface area contributed by atoms with Crippen LogP contribution >= 0.6 is 11.6 Å². The fourth-order valence-corrected chi connectivity index (χ4v) is 3.82. The van der Waals surface area contributed by atoms with Crippen molar-refractivity contribution in [1.82, 2.24) is 14.5 Å². The van der Waals surface area contributed by atoms with E-state index in [2.05, 4.69) is 28.4 Å². The van der Waals surface area contributed by atoms with Crippen molar-refractivity contribution >= 4 is 21.6 Å². The Balaban J connectivity index is 1.87. The summed E-state index contributed by atoms with van der Waals surface area (Å²) in [6, 6.07) is 6.40. The maximum Gasteiger partial charge on any atom is 0.240 e. The van der Waals surface area contributed by atoms with Gasteiger partial charge >= 0.3 is 0 Å². The summed E-state index contributed by atoms with van der Waals surface area (Å²) in [7, 11) is -3.47. The van der Waals surface area contributed by atoms with Crippen molar-refractivity contribution in [2.45, 2.75) is 24.8 Å². The summed E-state index contributed by atoms with van der Waals surface area (Å²) in [5.74, 6) is 0. The van der Waals surface area contributed by atoms with Crippen LogP contribution in [-0.2, 0) is 10.0 Å². The predicted molar refractivity (Wildman–Crippen MR) is 89.8 cm³/mol. The van der Waals surface area contributed by atoms with Gasteiger partial charge in [-0.1, -0.05) is 18.5 Å². The van der Waals surface area contributed by atoms with Gasteiger partial charge in [0.1, 0.15) is 0 Å². The van der Waals surface area contributed by atoms with Crippen LogP contribution in [0.2, 0.25) is 5.02 Å². The van der Waals surface area contributed by atoms with Crippen LogP contribution < -0.4 is 4.72 Å². The van der Waals surface area contributed by atoms with Gasteiger partial charge < -0.3 is 4.90 Å². The van der Waals surface area contributed by atoms with Gasteiger partial charge in [-0.3, -0.25) is 4.90 Å². The van der Waals surface area contributed by atoms with Crippen LogP contribution in [0.25, 0.3) is 0 Å². The topological polar surface area (TPSA) is 52.6 Å². The van der Waals surface area contributed by atoms with Crippen molar-refractivity contribution < 1.29 is 8.42 Å². The minimum absolute atomic E-state index is 0.182. The number of hydrogen-bond acceptors (Lipinski definition) is 4. The Bertz CT molecular complexity index is 569. The number of rotatable bonds is 6. The smallest absolute Gasteiger partial charge is 0.240 e. The predicted octanol–water partition coefficient (Wildman–Crippen LogP) is 1.64. The number of piperazine rings is 1. The molecule has 1 heterocycles. The summed E-state index contributed by atoms with van der Waals surface area (Å²) in [4.78, 5) is 4.98. The van der Waals surface area contributed by atoms with Gasteiger partial charge in [-0.2, -0.15) is 0 Å². The first-order valence-electron chi connectivity index (χ1n) is 7.64. The summed E-state index contributed by atoms with van der Waals surface area (Å²) in [5.41, 5.74) is 0. The summed E-state index contributed by atoms with van der Waals surface area (Å²) < 4.78 is 27.2. The number of sulfonamides is 1. The first kappa shape index (κ1) is 17.7. The zero-order chi connectivity index (χ0) is 16.2. The van der Waals surface area contributed by atoms with Gasteiger partial charge in [0.05, 0.1) is 4.90 Å². The molecule has 124 valence electrons. The molecule has 1 atom stereocenters. The van der Waals surface area contributed by atoms with Gasteiger partial charge in [0, 0.05) is 43.8 Å². The third-order valence-corrected chi connectivity index (χ3v) is 5.86. The summed E-state index contributed by atoms with van der Waals surface area (Å²) >= 11 is 5.79. The minimum Gasteiger partial charge on any atom is -0.301 e. The van der Waals surface area contributed by atoms with Crippen LogP contribution in [0, 0.1) is 0 Å². The fraction of sp³-hybridized carbons (Fsp3) is 0.600. The fourth-order valence-electron chi connectivity index (χ4n) is 2.58. The lowest BCUT2D eigenvalue weighted by Gasteiger charge is -2.37. The molecule has 0 aliphatic carbocycles. The van der Waals surface area contributed by atoms with E-state index >= 15 is 0 Å². The van der Waals surface area contributed by atoms with Crippen molar-refractivity contribution in [1.29, 1.82) is 0 Å². The van der Waals surface area contributed by atoms with E-state index in [9.17, 15) is 8.42 Å². The highest BCUT2D eigenvalue weighted by Crippen LogP contribution is 2.14. The summed E-state index contributed by atoms with van der Waals surface area (Å²) in [6.07, 6.45) is 0. The zero-order valence-corrected chi connectivity index (χ0v) is 14.7. The van der Waals surface area contributed by atoms with Gasteiger partial charge in [-0.15, -0.1) is 0 Å². The average Bonchev–Trinajstić information content (AvgIpc) is 2.53. The van der Waals surface area contributed by atoms with E-state index in [1.54, 1.807) is 12.1 Å². The Hall–Kier alpha value is -0.660. The van der Waals surface area contributed by atoms with E-state index in [0.717, 1.165) is 32.7 Å². The first-order chi connectivity index (χ1) is 10.4. The quantitative estimate of drug-likeness (QED) is 0.851. The molecule has 1 aliphatic heterocycles. The largest absolute Gasteiger partial charge is 0.301 e. The van der Waals surface area contributed by atoms with Gasteiger partial charge in [0.2, 0.25) is 10.0 Å². The molecule has 1 aliphatic rings. The molecule has 1 aromatic rings. The monoisotopic (exact) mass is 345 g/mol. The molecular weight excluding hydrogens is 322 g/mol. The van der Waals surface area contributed by atoms with Crippen LogP contribution in [0.3, 0.4) is 0 Å². The molecule has 1 unspecified atom stereocenters. The first-order valence-corrected chi connectivity index (χ1v) is 9.50. The number of nitrogens with one attached hydrogen (secondary N) is 1. The zero-order valence-electron chi connectivity index (χ0n) is 13.1. The van der Waals surface area contributed by atoms with Crippen molar-refractivity contribution in [3.8, 4) is 0 Å². The number of benzene rings is 1. The van der Waals surface area contributed by atoms with Crippen LogP contribution in [0.4, 0.5) is 0 Å². The molecule has 1 saturated heterocycles. The molecule has 1 N–H and O–H groups in total. The molecule has 1 fully saturated rings. The molecule has 5 nitrogen and oxygen atoms in total. The molecule has 0 bridgehead atoms. The molecule has 1 aromatic carbocycles. The highest BCUT2D eigenvalue weighted by molar-refractivity contribution is 7.89. The van der Waals surface area contributed by atoms with Crippen LogP contribution in [0.15, 0.2) is 29.2 Å². The van der Waals surface area contributed by atoms with E-state index in [1.807, 2.05) is 0 Å². The van der Waals surface area contributed by atoms with E-state index in [0.29, 0.717) is 11.6 Å². The van der Waals surface area contributed by atoms with Gasteiger partial charge in [-0.05, 0) is 37.7 Å². The average molecular weight is 346 g/mol. The maximum atomic E-state index is 12.2. The lowest BCUT2D eigenvalue weighted by molar-refractivity contribution is 0.107. The second-order valence-electron chi connectivity index (χ2n) is 5.63. The molecule has 0 saturated carbocycles. The number of nitrogens with zero attached hydrogens (tertiary/aromatic N) is 2. The van der Waals surface area contributed by atoms with Crippen molar-refractivity contribution in [2.24, 2.45) is 0 Å². The minimum atomic E-state index is -3.47. The Kier molecular flexibility index (Phi) is 6.23. The highest BCUT2D eigenvalue weighted by Gasteiger charge is 2.22. The molecule has 22 heavy (non-hydrogen) atoms. The number of hydrogen-bond donors (Lipinski definition) is 1. The van der Waals surface area contributed by atoms with Crippen molar-refractivity contribution in [3.05, 3.63) is 29.3 Å². The SMILES string of the molecule is CCN1CCN(C(C)CNS(=O)(=O)c2ccc(Cl)cc2)CC1.